The van der Waals surface area contributed by atoms with Crippen LogP contribution in [0, 0.1) is 5.92 Å². The van der Waals surface area contributed by atoms with Crippen LogP contribution in [0.4, 0.5) is 0 Å². The zero-order valence-electron chi connectivity index (χ0n) is 7.47. The molecule has 0 aromatic heterocycles. The maximum atomic E-state index is 3.77. The van der Waals surface area contributed by atoms with E-state index in [1.165, 1.54) is 38.5 Å². The molecule has 2 unspecified atom stereocenters. The van der Waals surface area contributed by atoms with Crippen molar-refractivity contribution in [2.45, 2.75) is 57.5 Å². The molecular weight excluding hydrogens is 134 g/mol. The Morgan fingerprint density at radius 1 is 1.00 bits per heavy atom. The molecule has 1 N–H and O–H groups in total. The Hall–Kier alpha value is -0.0400. The van der Waals surface area contributed by atoms with E-state index in [4.69, 9.17) is 0 Å². The number of hydrogen-bond acceptors (Lipinski definition) is 1. The Morgan fingerprint density at radius 3 is 2.18 bits per heavy atom. The molecule has 11 heavy (non-hydrogen) atoms. The molecule has 2 rings (SSSR count). The summed E-state index contributed by atoms with van der Waals surface area (Å²) < 4.78 is 0. The van der Waals surface area contributed by atoms with Gasteiger partial charge >= 0.3 is 0 Å². The average Bonchev–Trinajstić information content (AvgIpc) is 2.27. The van der Waals surface area contributed by atoms with E-state index in [1.54, 1.807) is 0 Å². The molecule has 0 heterocycles. The molecule has 2 fully saturated rings. The molecular formula is C10H19N. The van der Waals surface area contributed by atoms with Crippen molar-refractivity contribution in [3.8, 4) is 0 Å². The third-order valence-corrected chi connectivity index (χ3v) is 3.42. The van der Waals surface area contributed by atoms with Gasteiger partial charge in [-0.2, -0.15) is 0 Å². The van der Waals surface area contributed by atoms with E-state index in [2.05, 4.69) is 12.2 Å². The Labute approximate surface area is 69.6 Å². The minimum absolute atomic E-state index is 0.861. The van der Waals surface area contributed by atoms with Gasteiger partial charge < -0.3 is 5.32 Å². The largest absolute Gasteiger partial charge is 0.311 e. The molecule has 0 bridgehead atoms. The minimum atomic E-state index is 0.861. The Kier molecular flexibility index (Phi) is 2.17. The number of rotatable bonds is 2. The van der Waals surface area contributed by atoms with Crippen LogP contribution in [0.2, 0.25) is 0 Å². The van der Waals surface area contributed by atoms with Crippen LogP contribution in [0.15, 0.2) is 0 Å². The fraction of sp³-hybridized carbons (Fsp3) is 1.00. The Bertz CT molecular complexity index is 129. The zero-order chi connectivity index (χ0) is 7.68. The first kappa shape index (κ1) is 7.60. The summed E-state index contributed by atoms with van der Waals surface area (Å²) >= 11 is 0. The third-order valence-electron chi connectivity index (χ3n) is 3.42. The molecule has 0 aromatic rings. The van der Waals surface area contributed by atoms with Crippen LogP contribution >= 0.6 is 0 Å². The van der Waals surface area contributed by atoms with Gasteiger partial charge in [-0.15, -0.1) is 0 Å². The second-order valence-corrected chi connectivity index (χ2v) is 4.31. The van der Waals surface area contributed by atoms with Crippen LogP contribution in [0.1, 0.15) is 45.4 Å². The van der Waals surface area contributed by atoms with Gasteiger partial charge in [-0.1, -0.05) is 19.8 Å². The molecule has 0 saturated heterocycles. The predicted molar refractivity (Wildman–Crippen MR) is 47.6 cm³/mol. The van der Waals surface area contributed by atoms with Crippen molar-refractivity contribution < 1.29 is 0 Å². The molecule has 2 aliphatic rings. The van der Waals surface area contributed by atoms with Crippen LogP contribution in [-0.4, -0.2) is 12.1 Å². The van der Waals surface area contributed by atoms with Gasteiger partial charge in [-0.25, -0.2) is 0 Å². The summed E-state index contributed by atoms with van der Waals surface area (Å²) in [5.74, 6) is 0.940. The van der Waals surface area contributed by atoms with E-state index in [0.717, 1.165) is 18.0 Å². The van der Waals surface area contributed by atoms with Crippen molar-refractivity contribution in [3.63, 3.8) is 0 Å². The van der Waals surface area contributed by atoms with Gasteiger partial charge in [0, 0.05) is 12.1 Å². The highest BCUT2D eigenvalue weighted by Gasteiger charge is 2.27. The summed E-state index contributed by atoms with van der Waals surface area (Å²) in [6, 6.07) is 1.75. The SMILES string of the molecule is CC1CCCC1NC1CCC1. The highest BCUT2D eigenvalue weighted by molar-refractivity contribution is 4.86. The van der Waals surface area contributed by atoms with Crippen LogP contribution in [-0.2, 0) is 0 Å². The fourth-order valence-electron chi connectivity index (χ4n) is 2.27. The molecule has 64 valence electrons. The van der Waals surface area contributed by atoms with E-state index in [9.17, 15) is 0 Å². The van der Waals surface area contributed by atoms with Gasteiger partial charge in [0.25, 0.3) is 0 Å². The maximum Gasteiger partial charge on any atom is 0.00952 e. The molecule has 1 heteroatoms. The standard InChI is InChI=1S/C10H19N/c1-8-4-2-7-10(8)11-9-5-3-6-9/h8-11H,2-7H2,1H3. The fourth-order valence-corrected chi connectivity index (χ4v) is 2.27. The molecule has 0 aromatic carbocycles. The molecule has 2 atom stereocenters. The van der Waals surface area contributed by atoms with Gasteiger partial charge in [0.15, 0.2) is 0 Å². The molecule has 0 aliphatic heterocycles. The van der Waals surface area contributed by atoms with Crippen LogP contribution < -0.4 is 5.32 Å². The first-order valence-electron chi connectivity index (χ1n) is 5.12. The summed E-state index contributed by atoms with van der Waals surface area (Å²) in [7, 11) is 0. The summed E-state index contributed by atoms with van der Waals surface area (Å²) in [5.41, 5.74) is 0. The quantitative estimate of drug-likeness (QED) is 0.642. The lowest BCUT2D eigenvalue weighted by Gasteiger charge is -2.31. The topological polar surface area (TPSA) is 12.0 Å². The normalized spacial score (nSPS) is 39.0. The lowest BCUT2D eigenvalue weighted by molar-refractivity contribution is 0.280. The van der Waals surface area contributed by atoms with Crippen molar-refractivity contribution >= 4 is 0 Å². The minimum Gasteiger partial charge on any atom is -0.311 e. The zero-order valence-corrected chi connectivity index (χ0v) is 7.47. The van der Waals surface area contributed by atoms with Crippen molar-refractivity contribution in [2.24, 2.45) is 5.92 Å². The van der Waals surface area contributed by atoms with E-state index in [1.807, 2.05) is 0 Å². The Balaban J connectivity index is 1.75. The lowest BCUT2D eigenvalue weighted by atomic mass is 9.91. The summed E-state index contributed by atoms with van der Waals surface area (Å²) in [4.78, 5) is 0. The maximum absolute atomic E-state index is 3.77. The van der Waals surface area contributed by atoms with Gasteiger partial charge in [0.2, 0.25) is 0 Å². The van der Waals surface area contributed by atoms with Crippen LogP contribution in [0.3, 0.4) is 0 Å². The number of hydrogen-bond donors (Lipinski definition) is 1. The summed E-state index contributed by atoms with van der Waals surface area (Å²) in [6.07, 6.45) is 8.65. The predicted octanol–water partition coefficient (Wildman–Crippen LogP) is 2.32. The summed E-state index contributed by atoms with van der Waals surface area (Å²) in [5, 5.41) is 3.77. The van der Waals surface area contributed by atoms with Crippen molar-refractivity contribution in [3.05, 3.63) is 0 Å². The van der Waals surface area contributed by atoms with Gasteiger partial charge in [0.05, 0.1) is 0 Å². The smallest absolute Gasteiger partial charge is 0.00952 e. The summed E-state index contributed by atoms with van der Waals surface area (Å²) in [6.45, 7) is 2.39. The molecule has 2 aliphatic carbocycles. The van der Waals surface area contributed by atoms with Gasteiger partial charge in [-0.3, -0.25) is 0 Å². The third kappa shape index (κ3) is 1.58. The highest BCUT2D eigenvalue weighted by Crippen LogP contribution is 2.28. The van der Waals surface area contributed by atoms with Crippen molar-refractivity contribution in [1.29, 1.82) is 0 Å². The van der Waals surface area contributed by atoms with E-state index in [-0.39, 0.29) is 0 Å². The first-order chi connectivity index (χ1) is 5.36. The van der Waals surface area contributed by atoms with Gasteiger partial charge in [0.1, 0.15) is 0 Å². The first-order valence-corrected chi connectivity index (χ1v) is 5.12. The molecule has 1 nitrogen and oxygen atoms in total. The molecule has 0 amide bonds. The van der Waals surface area contributed by atoms with Gasteiger partial charge in [-0.05, 0) is 31.6 Å². The Morgan fingerprint density at radius 2 is 1.73 bits per heavy atom. The monoisotopic (exact) mass is 153 g/mol. The van der Waals surface area contributed by atoms with E-state index >= 15 is 0 Å². The second-order valence-electron chi connectivity index (χ2n) is 4.31. The molecule has 0 radical (unpaired) electrons. The van der Waals surface area contributed by atoms with Crippen molar-refractivity contribution in [2.75, 3.05) is 0 Å². The van der Waals surface area contributed by atoms with E-state index < -0.39 is 0 Å². The average molecular weight is 153 g/mol. The van der Waals surface area contributed by atoms with Crippen LogP contribution in [0.5, 0.6) is 0 Å². The number of nitrogens with one attached hydrogen (secondary N) is 1. The molecule has 0 spiro atoms. The van der Waals surface area contributed by atoms with Crippen LogP contribution in [0.25, 0.3) is 0 Å². The van der Waals surface area contributed by atoms with Crippen molar-refractivity contribution in [1.82, 2.24) is 5.32 Å². The van der Waals surface area contributed by atoms with E-state index in [0.29, 0.717) is 0 Å². The second kappa shape index (κ2) is 3.14. The molecule has 2 saturated carbocycles. The highest BCUT2D eigenvalue weighted by atomic mass is 15.0. The lowest BCUT2D eigenvalue weighted by Crippen LogP contribution is -2.43.